The number of nitrogens with zero attached hydrogens (tertiary/aromatic N) is 4. The predicted octanol–water partition coefficient (Wildman–Crippen LogP) is 6.30. The number of thiophene rings is 1. The summed E-state index contributed by atoms with van der Waals surface area (Å²) in [7, 11) is 0. The quantitative estimate of drug-likeness (QED) is 0.452. The van der Waals surface area contributed by atoms with Crippen molar-refractivity contribution < 1.29 is 4.79 Å². The molecule has 0 aromatic carbocycles. The van der Waals surface area contributed by atoms with E-state index in [1.54, 1.807) is 0 Å². The van der Waals surface area contributed by atoms with Gasteiger partial charge in [0.05, 0.1) is 6.04 Å². The molecule has 1 N–H and O–H groups in total. The summed E-state index contributed by atoms with van der Waals surface area (Å²) in [6, 6.07) is 1.87. The maximum absolute atomic E-state index is 13.2. The van der Waals surface area contributed by atoms with Gasteiger partial charge in [0.2, 0.25) is 5.91 Å². The Balaban J connectivity index is 1.30. The zero-order chi connectivity index (χ0) is 25.6. The fourth-order valence-corrected chi connectivity index (χ4v) is 8.44. The van der Waals surface area contributed by atoms with Gasteiger partial charge < -0.3 is 9.88 Å². The highest BCUT2D eigenvalue weighted by molar-refractivity contribution is 7.12. The smallest absolute Gasteiger partial charge is 0.223 e. The Labute approximate surface area is 221 Å². The topological polar surface area (TPSA) is 63.1 Å². The van der Waals surface area contributed by atoms with E-state index < -0.39 is 0 Å². The molecule has 2 saturated heterocycles. The van der Waals surface area contributed by atoms with E-state index in [1.807, 2.05) is 11.3 Å². The lowest BCUT2D eigenvalue weighted by molar-refractivity contribution is -0.125. The normalized spacial score (nSPS) is 25.7. The SMILES string of the molecule is Cc1sc([C@H](CCN2[C@@H]3CC[C@H]2CC(n2c(C)nnc2C(C)C)C3)NC(=O)C2CCCC2)c(C)c1C. The van der Waals surface area contributed by atoms with Gasteiger partial charge in [-0.05, 0) is 83.8 Å². The number of nitrogens with one attached hydrogen (secondary N) is 1. The van der Waals surface area contributed by atoms with Crippen LogP contribution < -0.4 is 5.32 Å². The van der Waals surface area contributed by atoms with Gasteiger partial charge in [-0.2, -0.15) is 0 Å². The van der Waals surface area contributed by atoms with E-state index in [2.05, 4.69) is 66.5 Å². The number of rotatable bonds is 8. The zero-order valence-corrected chi connectivity index (χ0v) is 24.0. The Kier molecular flexibility index (Phi) is 7.60. The molecule has 198 valence electrons. The third-order valence-electron chi connectivity index (χ3n) is 9.39. The Hall–Kier alpha value is -1.73. The number of hydrogen-bond donors (Lipinski definition) is 1. The van der Waals surface area contributed by atoms with E-state index in [1.165, 1.54) is 59.4 Å². The van der Waals surface area contributed by atoms with Crippen molar-refractivity contribution >= 4 is 17.2 Å². The minimum Gasteiger partial charge on any atom is -0.348 e. The summed E-state index contributed by atoms with van der Waals surface area (Å²) >= 11 is 1.89. The van der Waals surface area contributed by atoms with Crippen molar-refractivity contribution in [2.45, 2.75) is 129 Å². The number of aryl methyl sites for hydroxylation is 2. The van der Waals surface area contributed by atoms with E-state index in [4.69, 9.17) is 0 Å². The van der Waals surface area contributed by atoms with E-state index >= 15 is 0 Å². The van der Waals surface area contributed by atoms with Crippen LogP contribution in [0.1, 0.15) is 122 Å². The van der Waals surface area contributed by atoms with Crippen LogP contribution in [0.4, 0.5) is 0 Å². The Morgan fingerprint density at radius 2 is 1.64 bits per heavy atom. The van der Waals surface area contributed by atoms with Gasteiger partial charge in [-0.15, -0.1) is 21.5 Å². The summed E-state index contributed by atoms with van der Waals surface area (Å²) in [5, 5.41) is 12.5. The van der Waals surface area contributed by atoms with Gasteiger partial charge in [0.25, 0.3) is 0 Å². The van der Waals surface area contributed by atoms with Crippen LogP contribution in [-0.4, -0.2) is 44.2 Å². The molecule has 1 saturated carbocycles. The molecule has 36 heavy (non-hydrogen) atoms. The summed E-state index contributed by atoms with van der Waals surface area (Å²) in [4.78, 5) is 18.7. The fourth-order valence-electron chi connectivity index (χ4n) is 7.18. The summed E-state index contributed by atoms with van der Waals surface area (Å²) in [6.07, 6.45) is 10.4. The summed E-state index contributed by atoms with van der Waals surface area (Å²) in [6.45, 7) is 14.3. The molecule has 4 atom stereocenters. The molecule has 7 heteroatoms. The number of carbonyl (C=O) groups excluding carboxylic acids is 1. The van der Waals surface area contributed by atoms with Crippen LogP contribution in [0.2, 0.25) is 0 Å². The van der Waals surface area contributed by atoms with Gasteiger partial charge >= 0.3 is 0 Å². The highest BCUT2D eigenvalue weighted by Crippen LogP contribution is 2.43. The molecule has 1 amide bonds. The first kappa shape index (κ1) is 25.9. The molecule has 1 aliphatic carbocycles. The number of hydrogen-bond acceptors (Lipinski definition) is 5. The van der Waals surface area contributed by atoms with Crippen LogP contribution in [0.15, 0.2) is 0 Å². The highest BCUT2D eigenvalue weighted by atomic mass is 32.1. The maximum Gasteiger partial charge on any atom is 0.223 e. The van der Waals surface area contributed by atoms with Crippen molar-refractivity contribution in [3.05, 3.63) is 32.5 Å². The van der Waals surface area contributed by atoms with Crippen molar-refractivity contribution in [3.8, 4) is 0 Å². The minimum atomic E-state index is 0.125. The van der Waals surface area contributed by atoms with Crippen molar-refractivity contribution in [1.29, 1.82) is 0 Å². The van der Waals surface area contributed by atoms with Crippen molar-refractivity contribution in [1.82, 2.24) is 25.0 Å². The first-order valence-corrected chi connectivity index (χ1v) is 15.1. The molecular weight excluding hydrogens is 466 g/mol. The van der Waals surface area contributed by atoms with Crippen molar-refractivity contribution in [2.24, 2.45) is 5.92 Å². The molecular formula is C29H45N5OS. The highest BCUT2D eigenvalue weighted by Gasteiger charge is 2.42. The van der Waals surface area contributed by atoms with Gasteiger partial charge in [-0.1, -0.05) is 26.7 Å². The van der Waals surface area contributed by atoms with Crippen molar-refractivity contribution in [2.75, 3.05) is 6.54 Å². The third-order valence-corrected chi connectivity index (χ3v) is 10.8. The van der Waals surface area contributed by atoms with Crippen LogP contribution in [0.5, 0.6) is 0 Å². The number of amides is 1. The summed E-state index contributed by atoms with van der Waals surface area (Å²) in [5.74, 6) is 3.09. The largest absolute Gasteiger partial charge is 0.348 e. The monoisotopic (exact) mass is 511 g/mol. The lowest BCUT2D eigenvalue weighted by Crippen LogP contribution is -2.45. The van der Waals surface area contributed by atoms with E-state index in [0.717, 1.165) is 37.5 Å². The number of piperidine rings is 1. The molecule has 2 aromatic rings. The fraction of sp³-hybridized carbons (Fsp3) is 0.759. The second-order valence-electron chi connectivity index (χ2n) is 12.0. The average Bonchev–Trinajstić information content (AvgIpc) is 3.61. The van der Waals surface area contributed by atoms with E-state index in [-0.39, 0.29) is 17.9 Å². The summed E-state index contributed by atoms with van der Waals surface area (Å²) in [5.41, 5.74) is 2.77. The van der Waals surface area contributed by atoms with Gasteiger partial charge in [0, 0.05) is 46.3 Å². The first-order chi connectivity index (χ1) is 17.2. The lowest BCUT2D eigenvalue weighted by atomic mass is 9.95. The minimum absolute atomic E-state index is 0.125. The van der Waals surface area contributed by atoms with Gasteiger partial charge in [-0.25, -0.2) is 0 Å². The maximum atomic E-state index is 13.2. The average molecular weight is 512 g/mol. The number of fused-ring (bicyclic) bond motifs is 2. The van der Waals surface area contributed by atoms with Gasteiger partial charge in [0.1, 0.15) is 11.6 Å². The molecule has 0 spiro atoms. The Bertz CT molecular complexity index is 1070. The lowest BCUT2D eigenvalue weighted by Gasteiger charge is -2.40. The predicted molar refractivity (Wildman–Crippen MR) is 147 cm³/mol. The first-order valence-electron chi connectivity index (χ1n) is 14.3. The number of aromatic nitrogens is 3. The standard InChI is InChI=1S/C29H45N5OS/c1-17(2)28-32-31-21(6)34(28)25-15-23-11-12-24(16-25)33(23)14-13-26(27-19(4)18(3)20(5)36-27)30-29(35)22-9-7-8-10-22/h17,22-26H,7-16H2,1-6H3,(H,30,35)/t23-,24+,25?,26-/m0/s1. The second-order valence-corrected chi connectivity index (χ2v) is 13.2. The third kappa shape index (κ3) is 4.90. The molecule has 2 bridgehead atoms. The van der Waals surface area contributed by atoms with E-state index in [0.29, 0.717) is 24.0 Å². The molecule has 6 nitrogen and oxygen atoms in total. The molecule has 2 aromatic heterocycles. The molecule has 3 fully saturated rings. The van der Waals surface area contributed by atoms with Gasteiger partial charge in [-0.3, -0.25) is 9.69 Å². The van der Waals surface area contributed by atoms with Crippen LogP contribution in [0.3, 0.4) is 0 Å². The van der Waals surface area contributed by atoms with Crippen LogP contribution in [-0.2, 0) is 4.79 Å². The molecule has 4 heterocycles. The van der Waals surface area contributed by atoms with E-state index in [9.17, 15) is 4.79 Å². The number of carbonyl (C=O) groups is 1. The van der Waals surface area contributed by atoms with Crippen LogP contribution in [0, 0.1) is 33.6 Å². The van der Waals surface area contributed by atoms with Gasteiger partial charge in [0.15, 0.2) is 0 Å². The summed E-state index contributed by atoms with van der Waals surface area (Å²) < 4.78 is 2.44. The zero-order valence-electron chi connectivity index (χ0n) is 23.1. The van der Waals surface area contributed by atoms with Crippen LogP contribution >= 0.6 is 11.3 Å². The van der Waals surface area contributed by atoms with Crippen LogP contribution in [0.25, 0.3) is 0 Å². The van der Waals surface area contributed by atoms with Crippen molar-refractivity contribution in [3.63, 3.8) is 0 Å². The Morgan fingerprint density at radius 1 is 0.972 bits per heavy atom. The second kappa shape index (κ2) is 10.6. The molecule has 5 rings (SSSR count). The Morgan fingerprint density at radius 3 is 2.22 bits per heavy atom. The molecule has 2 aliphatic heterocycles. The molecule has 3 aliphatic rings. The molecule has 1 unspecified atom stereocenters. The molecule has 0 radical (unpaired) electrons.